The van der Waals surface area contributed by atoms with E-state index in [4.69, 9.17) is 13.9 Å². The molecule has 0 saturated heterocycles. The monoisotopic (exact) mass is 342 g/mol. The van der Waals surface area contributed by atoms with E-state index in [1.54, 1.807) is 50.3 Å². The van der Waals surface area contributed by atoms with Crippen molar-refractivity contribution in [3.63, 3.8) is 0 Å². The summed E-state index contributed by atoms with van der Waals surface area (Å²) in [5.41, 5.74) is 1.16. The van der Waals surface area contributed by atoms with Gasteiger partial charge in [-0.15, -0.1) is 0 Å². The van der Waals surface area contributed by atoms with Crippen molar-refractivity contribution in [1.82, 2.24) is 0 Å². The Bertz CT molecular complexity index is 921. The number of carbonyl (C=O) groups excluding carboxylic acids is 1. The third-order valence-corrected chi connectivity index (χ3v) is 4.01. The van der Waals surface area contributed by atoms with E-state index >= 15 is 0 Å². The highest BCUT2D eigenvalue weighted by atomic mass is 16.6. The molecular weight excluding hydrogens is 324 g/mol. The van der Waals surface area contributed by atoms with Crippen LogP contribution in [-0.2, 0) is 9.53 Å². The third-order valence-electron chi connectivity index (χ3n) is 4.01. The first-order valence-corrected chi connectivity index (χ1v) is 7.85. The molecule has 0 fully saturated rings. The van der Waals surface area contributed by atoms with Gasteiger partial charge in [0.2, 0.25) is 0 Å². The molecule has 3 rings (SSSR count). The van der Waals surface area contributed by atoms with Gasteiger partial charge in [0.05, 0.1) is 0 Å². The van der Waals surface area contributed by atoms with Crippen LogP contribution in [0.15, 0.2) is 62.8 Å². The topological polar surface area (TPSA) is 86.0 Å². The Morgan fingerprint density at radius 1 is 1.32 bits per heavy atom. The Kier molecular flexibility index (Phi) is 4.72. The zero-order chi connectivity index (χ0) is 18.0. The molecule has 1 aromatic heterocycles. The molecule has 0 spiro atoms. The number of aliphatic hydroxyl groups is 1. The van der Waals surface area contributed by atoms with Gasteiger partial charge in [0, 0.05) is 23.1 Å². The molecule has 0 saturated carbocycles. The maximum absolute atomic E-state index is 11.4. The summed E-state index contributed by atoms with van der Waals surface area (Å²) >= 11 is 0. The number of ether oxygens (including phenoxy) is 2. The molecule has 130 valence electrons. The Balaban J connectivity index is 1.64. The van der Waals surface area contributed by atoms with Gasteiger partial charge in [-0.3, -0.25) is 0 Å². The lowest BCUT2D eigenvalue weighted by atomic mass is 10.1. The number of rotatable bonds is 5. The summed E-state index contributed by atoms with van der Waals surface area (Å²) in [6.07, 6.45) is 1.74. The largest absolute Gasteiger partial charge is 0.489 e. The minimum Gasteiger partial charge on any atom is -0.489 e. The average molecular weight is 342 g/mol. The predicted octanol–water partition coefficient (Wildman–Crippen LogP) is 2.35. The SMILES string of the molecule is CC1=CC(C(O)/C(C)=C/COc2ccc3ccc(=O)oc3c2)OC1=O. The van der Waals surface area contributed by atoms with Crippen LogP contribution >= 0.6 is 0 Å². The number of benzene rings is 1. The zero-order valence-corrected chi connectivity index (χ0v) is 13.9. The first-order valence-electron chi connectivity index (χ1n) is 7.85. The van der Waals surface area contributed by atoms with Gasteiger partial charge in [0.15, 0.2) is 6.10 Å². The van der Waals surface area contributed by atoms with Crippen molar-refractivity contribution >= 4 is 16.9 Å². The number of hydrogen-bond donors (Lipinski definition) is 1. The second-order valence-electron chi connectivity index (χ2n) is 5.88. The molecule has 2 heterocycles. The van der Waals surface area contributed by atoms with Gasteiger partial charge in [0.1, 0.15) is 24.0 Å². The molecule has 0 aliphatic carbocycles. The molecule has 0 radical (unpaired) electrons. The average Bonchev–Trinajstić information content (AvgIpc) is 2.92. The molecule has 6 nitrogen and oxygen atoms in total. The van der Waals surface area contributed by atoms with Gasteiger partial charge in [0.25, 0.3) is 0 Å². The summed E-state index contributed by atoms with van der Waals surface area (Å²) in [6.45, 7) is 3.60. The molecule has 2 atom stereocenters. The van der Waals surface area contributed by atoms with Crippen LogP contribution in [0.3, 0.4) is 0 Å². The van der Waals surface area contributed by atoms with Crippen LogP contribution in [0.2, 0.25) is 0 Å². The minimum absolute atomic E-state index is 0.217. The van der Waals surface area contributed by atoms with E-state index in [0.717, 1.165) is 5.39 Å². The molecule has 1 aromatic carbocycles. The van der Waals surface area contributed by atoms with Crippen molar-refractivity contribution in [3.8, 4) is 5.75 Å². The number of carbonyl (C=O) groups is 1. The first-order chi connectivity index (χ1) is 11.9. The zero-order valence-electron chi connectivity index (χ0n) is 13.9. The lowest BCUT2D eigenvalue weighted by molar-refractivity contribution is -0.142. The van der Waals surface area contributed by atoms with E-state index in [0.29, 0.717) is 22.5 Å². The molecule has 1 N–H and O–H groups in total. The Hall–Kier alpha value is -2.86. The van der Waals surface area contributed by atoms with Gasteiger partial charge in [-0.2, -0.15) is 0 Å². The number of aliphatic hydroxyl groups excluding tert-OH is 1. The van der Waals surface area contributed by atoms with Crippen molar-refractivity contribution < 1.29 is 23.8 Å². The first kappa shape index (κ1) is 17.0. The number of hydrogen-bond acceptors (Lipinski definition) is 6. The molecule has 1 aliphatic rings. The van der Waals surface area contributed by atoms with Crippen molar-refractivity contribution in [2.45, 2.75) is 26.1 Å². The summed E-state index contributed by atoms with van der Waals surface area (Å²) in [6, 6.07) is 8.25. The Morgan fingerprint density at radius 2 is 2.08 bits per heavy atom. The van der Waals surface area contributed by atoms with Gasteiger partial charge in [-0.05, 0) is 49.8 Å². The normalized spacial score (nSPS) is 18.8. The van der Waals surface area contributed by atoms with Crippen LogP contribution < -0.4 is 10.4 Å². The van der Waals surface area contributed by atoms with Gasteiger partial charge in [-0.1, -0.05) is 0 Å². The number of fused-ring (bicyclic) bond motifs is 1. The fraction of sp³-hybridized carbons (Fsp3) is 0.263. The summed E-state index contributed by atoms with van der Waals surface area (Å²) in [5.74, 6) is 0.134. The molecule has 0 amide bonds. The van der Waals surface area contributed by atoms with E-state index in [2.05, 4.69) is 0 Å². The molecule has 25 heavy (non-hydrogen) atoms. The fourth-order valence-electron chi connectivity index (χ4n) is 2.50. The van der Waals surface area contributed by atoms with Crippen molar-refractivity contribution in [3.05, 3.63) is 64.1 Å². The Labute approximate surface area is 144 Å². The molecular formula is C19H18O6. The molecule has 1 aliphatic heterocycles. The van der Waals surface area contributed by atoms with E-state index < -0.39 is 23.8 Å². The standard InChI is InChI=1S/C19H18O6/c1-11(18(21)16-9-12(2)19(22)25-16)7-8-23-14-5-3-13-4-6-17(20)24-15(13)10-14/h3-7,9-10,16,18,21H,8H2,1-2H3/b11-7+. The molecule has 2 aromatic rings. The molecule has 2 unspecified atom stereocenters. The molecule has 6 heteroatoms. The van der Waals surface area contributed by atoms with Crippen molar-refractivity contribution in [1.29, 1.82) is 0 Å². The Morgan fingerprint density at radius 3 is 2.80 bits per heavy atom. The fourth-order valence-corrected chi connectivity index (χ4v) is 2.50. The van der Waals surface area contributed by atoms with Crippen molar-refractivity contribution in [2.75, 3.05) is 6.61 Å². The second kappa shape index (κ2) is 6.94. The highest BCUT2D eigenvalue weighted by molar-refractivity contribution is 5.90. The van der Waals surface area contributed by atoms with E-state index in [1.165, 1.54) is 6.07 Å². The van der Waals surface area contributed by atoms with E-state index in [9.17, 15) is 14.7 Å². The minimum atomic E-state index is -0.917. The van der Waals surface area contributed by atoms with Gasteiger partial charge >= 0.3 is 11.6 Å². The number of esters is 1. The second-order valence-corrected chi connectivity index (χ2v) is 5.88. The lowest BCUT2D eigenvalue weighted by Gasteiger charge is -2.17. The maximum atomic E-state index is 11.4. The van der Waals surface area contributed by atoms with Crippen LogP contribution in [0.1, 0.15) is 13.8 Å². The van der Waals surface area contributed by atoms with Crippen molar-refractivity contribution in [2.24, 2.45) is 0 Å². The summed E-state index contributed by atoms with van der Waals surface area (Å²) < 4.78 is 15.8. The van der Waals surface area contributed by atoms with Crippen LogP contribution in [0, 0.1) is 0 Å². The van der Waals surface area contributed by atoms with Crippen LogP contribution in [0.4, 0.5) is 0 Å². The maximum Gasteiger partial charge on any atom is 0.336 e. The quantitative estimate of drug-likeness (QED) is 0.510. The summed E-state index contributed by atoms with van der Waals surface area (Å²) in [4.78, 5) is 22.6. The highest BCUT2D eigenvalue weighted by Gasteiger charge is 2.29. The number of cyclic esters (lactones) is 1. The predicted molar refractivity (Wildman–Crippen MR) is 91.4 cm³/mol. The summed E-state index contributed by atoms with van der Waals surface area (Å²) in [5, 5.41) is 11.0. The smallest absolute Gasteiger partial charge is 0.336 e. The van der Waals surface area contributed by atoms with E-state index in [1.807, 2.05) is 0 Å². The van der Waals surface area contributed by atoms with Crippen LogP contribution in [0.5, 0.6) is 5.75 Å². The van der Waals surface area contributed by atoms with E-state index in [-0.39, 0.29) is 6.61 Å². The summed E-state index contributed by atoms with van der Waals surface area (Å²) in [7, 11) is 0. The lowest BCUT2D eigenvalue weighted by Crippen LogP contribution is -2.27. The van der Waals surface area contributed by atoms with Crippen LogP contribution in [0.25, 0.3) is 11.0 Å². The van der Waals surface area contributed by atoms with Gasteiger partial charge in [-0.25, -0.2) is 9.59 Å². The third kappa shape index (κ3) is 3.80. The van der Waals surface area contributed by atoms with Crippen LogP contribution in [-0.4, -0.2) is 29.9 Å². The van der Waals surface area contributed by atoms with Gasteiger partial charge < -0.3 is 19.0 Å². The molecule has 0 bridgehead atoms. The highest BCUT2D eigenvalue weighted by Crippen LogP contribution is 2.21.